The molecule has 0 aromatic heterocycles. The van der Waals surface area contributed by atoms with Crippen LogP contribution >= 0.6 is 0 Å². The largest absolute Gasteiger partial charge is 0.496 e. The molecule has 0 radical (unpaired) electrons. The van der Waals surface area contributed by atoms with Gasteiger partial charge in [0.2, 0.25) is 5.91 Å². The van der Waals surface area contributed by atoms with Crippen LogP contribution < -0.4 is 24.3 Å². The smallest absolute Gasteiger partial charge is 0.221 e. The van der Waals surface area contributed by atoms with Gasteiger partial charge in [-0.25, -0.2) is 8.42 Å². The normalized spacial score (nSPS) is 11.1. The number of hydrogen-bond acceptors (Lipinski definition) is 8. The first-order chi connectivity index (χ1) is 17.6. The molecule has 9 nitrogen and oxygen atoms in total. The lowest BCUT2D eigenvalue weighted by atomic mass is 10.1. The highest BCUT2D eigenvalue weighted by molar-refractivity contribution is 7.93. The van der Waals surface area contributed by atoms with Gasteiger partial charge < -0.3 is 29.2 Å². The third-order valence-electron chi connectivity index (χ3n) is 5.48. The number of carbonyl (C=O) groups excluding carboxylic acids is 1. The third-order valence-corrected chi connectivity index (χ3v) is 6.77. The van der Waals surface area contributed by atoms with Crippen molar-refractivity contribution in [1.29, 1.82) is 0 Å². The van der Waals surface area contributed by atoms with Gasteiger partial charge in [-0.05, 0) is 43.4 Å². The van der Waals surface area contributed by atoms with Crippen LogP contribution in [0.1, 0.15) is 38.8 Å². The molecule has 0 saturated heterocycles. The molecule has 0 unspecified atom stereocenters. The van der Waals surface area contributed by atoms with Gasteiger partial charge in [0.15, 0.2) is 9.84 Å². The number of carbonyl (C=O) groups is 1. The summed E-state index contributed by atoms with van der Waals surface area (Å²) in [6.45, 7) is 11.5. The molecule has 0 aliphatic rings. The molecule has 0 atom stereocenters. The van der Waals surface area contributed by atoms with Gasteiger partial charge in [-0.1, -0.05) is 26.8 Å². The maximum absolute atomic E-state index is 12.7. The number of rotatable bonds is 12. The summed E-state index contributed by atoms with van der Waals surface area (Å²) in [4.78, 5) is 13.7. The monoisotopic (exact) mass is 536 g/mol. The van der Waals surface area contributed by atoms with Crippen LogP contribution in [0, 0.1) is 0 Å². The second-order valence-corrected chi connectivity index (χ2v) is 9.78. The van der Waals surface area contributed by atoms with Crippen molar-refractivity contribution in [2.75, 3.05) is 53.4 Å². The van der Waals surface area contributed by atoms with Crippen molar-refractivity contribution >= 4 is 27.5 Å². The minimum absolute atomic E-state index is 0.263. The lowest BCUT2D eigenvalue weighted by Crippen LogP contribution is -2.21. The van der Waals surface area contributed by atoms with Crippen molar-refractivity contribution in [3.63, 3.8) is 0 Å². The first-order valence-electron chi connectivity index (χ1n) is 11.9. The van der Waals surface area contributed by atoms with Gasteiger partial charge in [0.1, 0.15) is 23.0 Å². The number of methoxy groups -OCH3 is 4. The van der Waals surface area contributed by atoms with Crippen molar-refractivity contribution in [3.05, 3.63) is 46.9 Å². The number of nitrogens with zero attached hydrogens (tertiary/aromatic N) is 1. The van der Waals surface area contributed by atoms with E-state index in [1.165, 1.54) is 61.1 Å². The summed E-state index contributed by atoms with van der Waals surface area (Å²) < 4.78 is 46.4. The van der Waals surface area contributed by atoms with Crippen molar-refractivity contribution in [3.8, 4) is 23.0 Å². The second kappa shape index (κ2) is 15.8. The van der Waals surface area contributed by atoms with Crippen LogP contribution in [0.2, 0.25) is 0 Å². The molecular weight excluding hydrogens is 496 g/mol. The number of nitrogens with one attached hydrogen (secondary N) is 1. The Morgan fingerprint density at radius 3 is 1.81 bits per heavy atom. The van der Waals surface area contributed by atoms with Crippen LogP contribution in [-0.2, 0) is 20.4 Å². The van der Waals surface area contributed by atoms with Gasteiger partial charge in [0, 0.05) is 24.5 Å². The predicted octanol–water partition coefficient (Wildman–Crippen LogP) is 4.61. The minimum Gasteiger partial charge on any atom is -0.496 e. The molecule has 0 spiro atoms. The summed E-state index contributed by atoms with van der Waals surface area (Å²) >= 11 is 0. The molecule has 0 aliphatic carbocycles. The first kappa shape index (κ1) is 31.8. The average Bonchev–Trinajstić information content (AvgIpc) is 2.88. The van der Waals surface area contributed by atoms with Gasteiger partial charge in [0.05, 0.1) is 45.4 Å². The van der Waals surface area contributed by atoms with Gasteiger partial charge >= 0.3 is 0 Å². The van der Waals surface area contributed by atoms with Gasteiger partial charge in [0.25, 0.3) is 0 Å². The summed E-state index contributed by atoms with van der Waals surface area (Å²) in [6.07, 6.45) is 1.42. The fourth-order valence-electron chi connectivity index (χ4n) is 3.45. The average molecular weight is 537 g/mol. The van der Waals surface area contributed by atoms with E-state index in [2.05, 4.69) is 31.0 Å². The van der Waals surface area contributed by atoms with Crippen molar-refractivity contribution in [1.82, 2.24) is 4.90 Å². The molecule has 2 aromatic carbocycles. The van der Waals surface area contributed by atoms with E-state index >= 15 is 0 Å². The van der Waals surface area contributed by atoms with Gasteiger partial charge in [-0.3, -0.25) is 4.79 Å². The zero-order valence-electron chi connectivity index (χ0n) is 23.1. The van der Waals surface area contributed by atoms with Crippen molar-refractivity contribution < 1.29 is 32.2 Å². The highest BCUT2D eigenvalue weighted by Crippen LogP contribution is 2.35. The number of benzene rings is 2. The molecule has 0 fully saturated rings. The summed E-state index contributed by atoms with van der Waals surface area (Å²) in [7, 11) is 2.29. The molecule has 10 heteroatoms. The molecule has 206 valence electrons. The number of hydrogen-bond donors (Lipinski definition) is 1. The number of sulfone groups is 1. The number of ether oxygens (including phenoxy) is 4. The maximum atomic E-state index is 12.7. The fourth-order valence-corrected chi connectivity index (χ4v) is 4.54. The molecule has 0 aliphatic heterocycles. The summed E-state index contributed by atoms with van der Waals surface area (Å²) in [5.41, 5.74) is 1.37. The zero-order valence-corrected chi connectivity index (χ0v) is 23.9. The van der Waals surface area contributed by atoms with E-state index < -0.39 is 9.84 Å². The Labute approximate surface area is 221 Å². The Bertz CT molecular complexity index is 1110. The zero-order chi connectivity index (χ0) is 28.0. The van der Waals surface area contributed by atoms with E-state index in [4.69, 9.17) is 18.9 Å². The maximum Gasteiger partial charge on any atom is 0.221 e. The first-order valence-corrected chi connectivity index (χ1v) is 13.7. The molecule has 2 aromatic rings. The molecule has 1 amide bonds. The van der Waals surface area contributed by atoms with Crippen LogP contribution in [0.25, 0.3) is 6.08 Å². The van der Waals surface area contributed by atoms with Gasteiger partial charge in [-0.15, -0.1) is 0 Å². The van der Waals surface area contributed by atoms with E-state index in [0.717, 1.165) is 5.41 Å². The Morgan fingerprint density at radius 1 is 0.865 bits per heavy atom. The van der Waals surface area contributed by atoms with Gasteiger partial charge in [-0.2, -0.15) is 0 Å². The quantitative estimate of drug-likeness (QED) is 0.419. The van der Waals surface area contributed by atoms with Crippen LogP contribution in [0.5, 0.6) is 23.0 Å². The lowest BCUT2D eigenvalue weighted by molar-refractivity contribution is -0.114. The Balaban J connectivity index is 0.000000856. The standard InChI is InChI=1S/C21H25NO7S.C6H15N/c1-14(23)22-18-10-15(6-7-19(18)27-3)13-30(24,25)9-8-17-20(28-4)11-16(26-2)12-21(17)29-5;1-4-7(5-2)6-3/h6-12H,13H2,1-5H3,(H,22,23);4-6H2,1-3H3. The highest BCUT2D eigenvalue weighted by Gasteiger charge is 2.15. The van der Waals surface area contributed by atoms with E-state index in [0.29, 0.717) is 39.8 Å². The Kier molecular flexibility index (Phi) is 13.6. The predicted molar refractivity (Wildman–Crippen MR) is 149 cm³/mol. The molecule has 37 heavy (non-hydrogen) atoms. The molecular formula is C27H40N2O7S. The van der Waals surface area contributed by atoms with E-state index in [9.17, 15) is 13.2 Å². The Hall–Kier alpha value is -3.24. The number of amides is 1. The third kappa shape index (κ3) is 10.3. The van der Waals surface area contributed by atoms with Crippen LogP contribution in [0.3, 0.4) is 0 Å². The lowest BCUT2D eigenvalue weighted by Gasteiger charge is -2.13. The summed E-state index contributed by atoms with van der Waals surface area (Å²) in [5, 5.41) is 3.73. The van der Waals surface area contributed by atoms with Crippen LogP contribution in [0.15, 0.2) is 35.7 Å². The van der Waals surface area contributed by atoms with Crippen molar-refractivity contribution in [2.24, 2.45) is 0 Å². The van der Waals surface area contributed by atoms with Crippen LogP contribution in [0.4, 0.5) is 5.69 Å². The molecule has 1 N–H and O–H groups in total. The van der Waals surface area contributed by atoms with Crippen LogP contribution in [-0.4, -0.2) is 67.3 Å². The molecule has 0 bridgehead atoms. The summed E-state index contributed by atoms with van der Waals surface area (Å²) in [5.74, 6) is 1.24. The number of anilines is 1. The van der Waals surface area contributed by atoms with Crippen molar-refractivity contribution in [2.45, 2.75) is 33.4 Å². The highest BCUT2D eigenvalue weighted by atomic mass is 32.2. The van der Waals surface area contributed by atoms with E-state index in [1.54, 1.807) is 30.3 Å². The minimum atomic E-state index is -3.64. The van der Waals surface area contributed by atoms with E-state index in [-0.39, 0.29) is 11.7 Å². The molecule has 0 saturated carbocycles. The fraction of sp³-hybridized carbons (Fsp3) is 0.444. The second-order valence-electron chi connectivity index (χ2n) is 7.89. The molecule has 0 heterocycles. The van der Waals surface area contributed by atoms with E-state index in [1.807, 2.05) is 0 Å². The molecule has 2 rings (SSSR count). The summed E-state index contributed by atoms with van der Waals surface area (Å²) in [6, 6.07) is 8.08. The SMILES string of the molecule is CCN(CC)CC.COc1cc(OC)c(C=CS(=O)(=O)Cc2ccc(OC)c(NC(C)=O)c2)c(OC)c1. The topological polar surface area (TPSA) is 103 Å². The Morgan fingerprint density at radius 2 is 1.41 bits per heavy atom.